The quantitative estimate of drug-likeness (QED) is 0.550. The number of benzene rings is 1. The molecule has 1 amide bonds. The van der Waals surface area contributed by atoms with E-state index in [1.807, 2.05) is 26.8 Å². The second kappa shape index (κ2) is 10.8. The van der Waals surface area contributed by atoms with E-state index in [-0.39, 0.29) is 18.2 Å². The fraction of sp³-hybridized carbons (Fsp3) is 0.667. The Morgan fingerprint density at radius 3 is 2.74 bits per heavy atom. The summed E-state index contributed by atoms with van der Waals surface area (Å²) in [5, 5.41) is 6.41. The zero-order valence-corrected chi connectivity index (χ0v) is 19.4. The molecule has 7 nitrogen and oxygen atoms in total. The topological polar surface area (TPSA) is 75.2 Å². The lowest BCUT2D eigenvalue weighted by atomic mass is 9.89. The summed E-state index contributed by atoms with van der Waals surface area (Å²) < 4.78 is 11.5. The van der Waals surface area contributed by atoms with E-state index in [4.69, 9.17) is 14.5 Å². The molecule has 2 aliphatic rings. The van der Waals surface area contributed by atoms with Gasteiger partial charge in [-0.3, -0.25) is 4.99 Å². The van der Waals surface area contributed by atoms with Gasteiger partial charge in [-0.1, -0.05) is 30.3 Å². The highest BCUT2D eigenvalue weighted by Crippen LogP contribution is 2.33. The van der Waals surface area contributed by atoms with Crippen LogP contribution in [0.15, 0.2) is 35.3 Å². The molecule has 2 N–H and O–H groups in total. The predicted molar refractivity (Wildman–Crippen MR) is 123 cm³/mol. The monoisotopic (exact) mass is 430 g/mol. The van der Waals surface area contributed by atoms with Crippen molar-refractivity contribution in [2.45, 2.75) is 64.7 Å². The first-order valence-corrected chi connectivity index (χ1v) is 11.5. The van der Waals surface area contributed by atoms with E-state index in [2.05, 4.69) is 46.7 Å². The van der Waals surface area contributed by atoms with Gasteiger partial charge < -0.3 is 25.0 Å². The lowest BCUT2D eigenvalue weighted by molar-refractivity contribution is -0.0250. The van der Waals surface area contributed by atoms with Crippen LogP contribution < -0.4 is 10.6 Å². The first-order chi connectivity index (χ1) is 14.9. The zero-order valence-electron chi connectivity index (χ0n) is 19.4. The fourth-order valence-corrected chi connectivity index (χ4v) is 4.22. The molecule has 1 aromatic carbocycles. The molecule has 0 radical (unpaired) electrons. The van der Waals surface area contributed by atoms with Crippen LogP contribution in [0.1, 0.15) is 58.6 Å². The minimum absolute atomic E-state index is 0.0637. The molecule has 0 aromatic heterocycles. The van der Waals surface area contributed by atoms with E-state index in [1.54, 1.807) is 0 Å². The van der Waals surface area contributed by atoms with Crippen molar-refractivity contribution in [3.05, 3.63) is 35.9 Å². The van der Waals surface area contributed by atoms with Gasteiger partial charge >= 0.3 is 6.09 Å². The van der Waals surface area contributed by atoms with E-state index in [0.29, 0.717) is 5.92 Å². The number of carbonyl (C=O) groups excluding carboxylic acids is 1. The number of aliphatic imine (C=N–C) groups is 1. The molecular weight excluding hydrogens is 392 g/mol. The van der Waals surface area contributed by atoms with Crippen LogP contribution in [0.2, 0.25) is 0 Å². The number of nitrogens with one attached hydrogen (secondary N) is 2. The molecule has 2 saturated heterocycles. The van der Waals surface area contributed by atoms with Crippen LogP contribution in [0.25, 0.3) is 0 Å². The van der Waals surface area contributed by atoms with Crippen LogP contribution in [0, 0.1) is 5.92 Å². The van der Waals surface area contributed by atoms with E-state index in [1.165, 1.54) is 5.56 Å². The number of hydrogen-bond acceptors (Lipinski definition) is 4. The summed E-state index contributed by atoms with van der Waals surface area (Å²) >= 11 is 0. The van der Waals surface area contributed by atoms with Gasteiger partial charge in [0.15, 0.2) is 5.96 Å². The molecule has 0 saturated carbocycles. The molecule has 2 heterocycles. The summed E-state index contributed by atoms with van der Waals surface area (Å²) in [4.78, 5) is 19.3. The number of ether oxygens (including phenoxy) is 2. The number of hydrogen-bond donors (Lipinski definition) is 2. The van der Waals surface area contributed by atoms with Gasteiger partial charge in [-0.2, -0.15) is 0 Å². The number of guanidine groups is 1. The summed E-state index contributed by atoms with van der Waals surface area (Å²) in [7, 11) is 0. The van der Waals surface area contributed by atoms with Crippen molar-refractivity contribution in [2.24, 2.45) is 10.9 Å². The highest BCUT2D eigenvalue weighted by Gasteiger charge is 2.30. The first-order valence-electron chi connectivity index (χ1n) is 11.5. The molecule has 31 heavy (non-hydrogen) atoms. The van der Waals surface area contributed by atoms with Crippen LogP contribution in [0.4, 0.5) is 4.79 Å². The smallest absolute Gasteiger partial charge is 0.407 e. The number of carbonyl (C=O) groups is 1. The molecule has 0 bridgehead atoms. The molecule has 2 aliphatic heterocycles. The standard InChI is InChI=1S/C24H38N4O3/c1-5-25-22(28-14-13-20(17-28)27-23(29)31-24(2,3)4)26-16-19-12-9-15-30-21(19)18-10-7-6-8-11-18/h6-8,10-11,19-21H,5,9,12-17H2,1-4H3,(H,25,26)(H,27,29). The van der Waals surface area contributed by atoms with Crippen LogP contribution >= 0.6 is 0 Å². The third-order valence-corrected chi connectivity index (χ3v) is 5.59. The Bertz CT molecular complexity index is 732. The number of alkyl carbamates (subject to hydrolysis) is 1. The zero-order chi connectivity index (χ0) is 22.3. The van der Waals surface area contributed by atoms with E-state index in [9.17, 15) is 4.79 Å². The molecule has 0 aliphatic carbocycles. The Balaban J connectivity index is 1.60. The maximum absolute atomic E-state index is 12.1. The fourth-order valence-electron chi connectivity index (χ4n) is 4.22. The van der Waals surface area contributed by atoms with Gasteiger partial charge in [-0.15, -0.1) is 0 Å². The molecule has 3 unspecified atom stereocenters. The van der Waals surface area contributed by atoms with Crippen molar-refractivity contribution < 1.29 is 14.3 Å². The molecular formula is C24H38N4O3. The first kappa shape index (κ1) is 23.4. The molecule has 2 fully saturated rings. The molecule has 3 atom stereocenters. The summed E-state index contributed by atoms with van der Waals surface area (Å²) in [6, 6.07) is 10.5. The Hall–Kier alpha value is -2.28. The van der Waals surface area contributed by atoms with Gasteiger partial charge in [0.05, 0.1) is 12.1 Å². The van der Waals surface area contributed by atoms with Crippen molar-refractivity contribution in [1.29, 1.82) is 0 Å². The van der Waals surface area contributed by atoms with Crippen molar-refractivity contribution in [3.63, 3.8) is 0 Å². The third kappa shape index (κ3) is 7.13. The minimum atomic E-state index is -0.490. The normalized spacial score (nSPS) is 24.7. The average molecular weight is 431 g/mol. The van der Waals surface area contributed by atoms with Crippen LogP contribution in [0.3, 0.4) is 0 Å². The van der Waals surface area contributed by atoms with E-state index >= 15 is 0 Å². The van der Waals surface area contributed by atoms with Gasteiger partial charge in [0.2, 0.25) is 0 Å². The molecule has 7 heteroatoms. The number of nitrogens with zero attached hydrogens (tertiary/aromatic N) is 2. The van der Waals surface area contributed by atoms with Crippen LogP contribution in [-0.4, -0.2) is 61.4 Å². The van der Waals surface area contributed by atoms with Crippen LogP contribution in [-0.2, 0) is 9.47 Å². The highest BCUT2D eigenvalue weighted by atomic mass is 16.6. The van der Waals surface area contributed by atoms with Gasteiger partial charge in [0.1, 0.15) is 5.60 Å². The highest BCUT2D eigenvalue weighted by molar-refractivity contribution is 5.80. The third-order valence-electron chi connectivity index (χ3n) is 5.59. The number of likely N-dealkylation sites (tertiary alicyclic amines) is 1. The Kier molecular flexibility index (Phi) is 8.18. The van der Waals surface area contributed by atoms with Crippen molar-refractivity contribution in [1.82, 2.24) is 15.5 Å². The summed E-state index contributed by atoms with van der Waals surface area (Å²) in [6.45, 7) is 11.6. The SMILES string of the molecule is CCNC(=NCC1CCCOC1c1ccccc1)N1CCC(NC(=O)OC(C)(C)C)C1. The van der Waals surface area contributed by atoms with Gasteiger partial charge in [-0.25, -0.2) is 4.79 Å². The predicted octanol–water partition coefficient (Wildman–Crippen LogP) is 3.72. The maximum atomic E-state index is 12.1. The Morgan fingerprint density at radius 1 is 1.26 bits per heavy atom. The average Bonchev–Trinajstić information content (AvgIpc) is 3.18. The maximum Gasteiger partial charge on any atom is 0.407 e. The molecule has 172 valence electrons. The Labute approximate surface area is 186 Å². The van der Waals surface area contributed by atoms with E-state index < -0.39 is 5.60 Å². The van der Waals surface area contributed by atoms with Gasteiger partial charge in [0, 0.05) is 38.7 Å². The number of amides is 1. The summed E-state index contributed by atoms with van der Waals surface area (Å²) in [6.07, 6.45) is 2.81. The molecule has 1 aromatic rings. The summed E-state index contributed by atoms with van der Waals surface area (Å²) in [5.41, 5.74) is 0.742. The molecule has 0 spiro atoms. The van der Waals surface area contributed by atoms with E-state index in [0.717, 1.165) is 58.0 Å². The van der Waals surface area contributed by atoms with Gasteiger partial charge in [0.25, 0.3) is 0 Å². The largest absolute Gasteiger partial charge is 0.444 e. The second-order valence-corrected chi connectivity index (χ2v) is 9.38. The lowest BCUT2D eigenvalue weighted by Gasteiger charge is -2.32. The lowest BCUT2D eigenvalue weighted by Crippen LogP contribution is -2.44. The minimum Gasteiger partial charge on any atom is -0.444 e. The van der Waals surface area contributed by atoms with Crippen molar-refractivity contribution in [2.75, 3.05) is 32.8 Å². The van der Waals surface area contributed by atoms with Crippen molar-refractivity contribution >= 4 is 12.1 Å². The summed E-state index contributed by atoms with van der Waals surface area (Å²) in [5.74, 6) is 1.27. The van der Waals surface area contributed by atoms with Crippen molar-refractivity contribution in [3.8, 4) is 0 Å². The molecule has 3 rings (SSSR count). The Morgan fingerprint density at radius 2 is 2.03 bits per heavy atom. The van der Waals surface area contributed by atoms with Gasteiger partial charge in [-0.05, 0) is 52.5 Å². The number of rotatable bonds is 5. The van der Waals surface area contributed by atoms with Crippen LogP contribution in [0.5, 0.6) is 0 Å². The second-order valence-electron chi connectivity index (χ2n) is 9.38.